The highest BCUT2D eigenvalue weighted by molar-refractivity contribution is 7.80. The molecule has 0 saturated carbocycles. The first kappa shape index (κ1) is 30.0. The minimum Gasteiger partial charge on any atom is -0.348 e. The van der Waals surface area contributed by atoms with Gasteiger partial charge in [-0.05, 0) is 66.3 Å². The van der Waals surface area contributed by atoms with Crippen molar-refractivity contribution in [3.8, 4) is 0 Å². The molecule has 1 aromatic rings. The van der Waals surface area contributed by atoms with E-state index in [1.165, 1.54) is 0 Å². The summed E-state index contributed by atoms with van der Waals surface area (Å²) in [5.41, 5.74) is 0.743. The normalized spacial score (nSPS) is 11.2. The van der Waals surface area contributed by atoms with Gasteiger partial charge in [0, 0.05) is 37.3 Å². The number of carbonyl (C=O) groups excluding carboxylic acids is 2. The number of hydrogen-bond acceptors (Lipinski definition) is 4. The van der Waals surface area contributed by atoms with Crippen LogP contribution in [0.2, 0.25) is 0 Å². The molecule has 0 aliphatic heterocycles. The number of thiocarbonyl (C=S) groups is 2. The molecule has 2 N–H and O–H groups in total. The quantitative estimate of drug-likeness (QED) is 0.438. The second-order valence-electron chi connectivity index (χ2n) is 10.5. The summed E-state index contributed by atoms with van der Waals surface area (Å²) < 4.78 is 0. The largest absolute Gasteiger partial charge is 0.348 e. The molecule has 1 aromatic carbocycles. The standard InChI is InChI=1S/C26H42N4O2S2/c1-17(2)13-29(14-18(3)4)25(33)27-23(31)21-10-9-11-22(12-21)24(32)28-26(34)30(15-19(5)6)16-20(7)8/h9-12,17-20H,13-16H2,1-8H3,(H,27,31,33)(H,28,32,34). The topological polar surface area (TPSA) is 64.7 Å². The number of amides is 2. The summed E-state index contributed by atoms with van der Waals surface area (Å²) in [5, 5.41) is 6.46. The molecular weight excluding hydrogens is 464 g/mol. The van der Waals surface area contributed by atoms with Crippen LogP contribution in [0.1, 0.15) is 76.1 Å². The van der Waals surface area contributed by atoms with E-state index < -0.39 is 0 Å². The van der Waals surface area contributed by atoms with Gasteiger partial charge in [0.05, 0.1) is 0 Å². The molecule has 34 heavy (non-hydrogen) atoms. The van der Waals surface area contributed by atoms with Crippen LogP contribution in [0.15, 0.2) is 24.3 Å². The molecule has 0 radical (unpaired) electrons. The fraction of sp³-hybridized carbons (Fsp3) is 0.615. The van der Waals surface area contributed by atoms with Crippen LogP contribution in [-0.2, 0) is 0 Å². The molecule has 0 spiro atoms. The van der Waals surface area contributed by atoms with E-state index in [4.69, 9.17) is 24.4 Å². The summed E-state index contributed by atoms with van der Waals surface area (Å²) >= 11 is 11.0. The molecule has 8 heteroatoms. The van der Waals surface area contributed by atoms with Gasteiger partial charge in [-0.1, -0.05) is 61.5 Å². The van der Waals surface area contributed by atoms with Gasteiger partial charge in [0.1, 0.15) is 0 Å². The Morgan fingerprint density at radius 3 is 1.24 bits per heavy atom. The Kier molecular flexibility index (Phi) is 12.7. The zero-order valence-corrected chi connectivity index (χ0v) is 23.6. The van der Waals surface area contributed by atoms with Crippen LogP contribution in [0.25, 0.3) is 0 Å². The van der Waals surface area contributed by atoms with E-state index in [0.29, 0.717) is 45.0 Å². The van der Waals surface area contributed by atoms with E-state index in [1.54, 1.807) is 24.3 Å². The van der Waals surface area contributed by atoms with Gasteiger partial charge in [-0.25, -0.2) is 0 Å². The van der Waals surface area contributed by atoms with Crippen LogP contribution in [0.5, 0.6) is 0 Å². The molecule has 1 rings (SSSR count). The van der Waals surface area contributed by atoms with Crippen LogP contribution in [0.3, 0.4) is 0 Å². The zero-order chi connectivity index (χ0) is 26.0. The summed E-state index contributed by atoms with van der Waals surface area (Å²) in [7, 11) is 0. The lowest BCUT2D eigenvalue weighted by Crippen LogP contribution is -2.46. The lowest BCUT2D eigenvalue weighted by Gasteiger charge is -2.29. The minimum absolute atomic E-state index is 0.332. The number of benzene rings is 1. The van der Waals surface area contributed by atoms with Crippen LogP contribution < -0.4 is 10.6 Å². The smallest absolute Gasteiger partial charge is 0.257 e. The summed E-state index contributed by atoms with van der Waals surface area (Å²) in [6.07, 6.45) is 0. The Labute approximate surface area is 216 Å². The van der Waals surface area contributed by atoms with E-state index in [0.717, 1.165) is 26.2 Å². The lowest BCUT2D eigenvalue weighted by atomic mass is 10.1. The average molecular weight is 507 g/mol. The molecule has 0 aliphatic carbocycles. The number of nitrogens with zero attached hydrogens (tertiary/aromatic N) is 2. The van der Waals surface area contributed by atoms with Crippen LogP contribution >= 0.6 is 24.4 Å². The van der Waals surface area contributed by atoms with Gasteiger partial charge in [0.15, 0.2) is 10.2 Å². The Morgan fingerprint density at radius 2 is 0.971 bits per heavy atom. The maximum absolute atomic E-state index is 12.9. The summed E-state index contributed by atoms with van der Waals surface area (Å²) in [6, 6.07) is 6.61. The number of carbonyl (C=O) groups is 2. The number of nitrogens with one attached hydrogen (secondary N) is 2. The van der Waals surface area contributed by atoms with Gasteiger partial charge in [-0.3, -0.25) is 20.2 Å². The van der Waals surface area contributed by atoms with E-state index in [9.17, 15) is 9.59 Å². The first-order chi connectivity index (χ1) is 15.8. The maximum atomic E-state index is 12.9. The molecule has 0 aromatic heterocycles. The molecule has 6 nitrogen and oxygen atoms in total. The van der Waals surface area contributed by atoms with Crippen molar-refractivity contribution in [1.29, 1.82) is 0 Å². The molecule has 2 amide bonds. The SMILES string of the molecule is CC(C)CN(CC(C)C)C(=S)NC(=O)c1cccc(C(=O)NC(=S)N(CC(C)C)CC(C)C)c1. The summed E-state index contributed by atoms with van der Waals surface area (Å²) in [4.78, 5) is 29.8. The summed E-state index contributed by atoms with van der Waals surface area (Å²) in [6.45, 7) is 20.0. The summed E-state index contributed by atoms with van der Waals surface area (Å²) in [5.74, 6) is 0.985. The van der Waals surface area contributed by atoms with Crippen molar-refractivity contribution >= 4 is 46.5 Å². The molecule has 0 fully saturated rings. The average Bonchev–Trinajstić information content (AvgIpc) is 2.71. The fourth-order valence-corrected chi connectivity index (χ4v) is 4.03. The molecule has 190 valence electrons. The zero-order valence-electron chi connectivity index (χ0n) is 22.0. The highest BCUT2D eigenvalue weighted by Crippen LogP contribution is 2.10. The molecule has 0 heterocycles. The third kappa shape index (κ3) is 10.9. The molecule has 0 saturated heterocycles. The second kappa shape index (κ2) is 14.4. The van der Waals surface area contributed by atoms with E-state index in [2.05, 4.69) is 66.0 Å². The van der Waals surface area contributed by atoms with Gasteiger partial charge < -0.3 is 9.80 Å². The first-order valence-electron chi connectivity index (χ1n) is 12.1. The molecule has 0 atom stereocenters. The Hall–Kier alpha value is -2.06. The van der Waals surface area contributed by atoms with Crippen molar-refractivity contribution in [2.45, 2.75) is 55.4 Å². The van der Waals surface area contributed by atoms with Crippen LogP contribution in [0.4, 0.5) is 0 Å². The van der Waals surface area contributed by atoms with E-state index in [-0.39, 0.29) is 11.8 Å². The molecular formula is C26H42N4O2S2. The van der Waals surface area contributed by atoms with Gasteiger partial charge in [-0.2, -0.15) is 0 Å². The van der Waals surface area contributed by atoms with Gasteiger partial charge in [-0.15, -0.1) is 0 Å². The highest BCUT2D eigenvalue weighted by atomic mass is 32.1. The van der Waals surface area contributed by atoms with Crippen molar-refractivity contribution in [1.82, 2.24) is 20.4 Å². The van der Waals surface area contributed by atoms with Gasteiger partial charge in [0.2, 0.25) is 0 Å². The Bertz CT molecular complexity index is 768. The monoisotopic (exact) mass is 506 g/mol. The predicted octanol–water partition coefficient (Wildman–Crippen LogP) is 4.94. The maximum Gasteiger partial charge on any atom is 0.257 e. The van der Waals surface area contributed by atoms with E-state index >= 15 is 0 Å². The fourth-order valence-electron chi connectivity index (χ4n) is 3.54. The van der Waals surface area contributed by atoms with Crippen molar-refractivity contribution in [2.75, 3.05) is 26.2 Å². The van der Waals surface area contributed by atoms with Crippen molar-refractivity contribution < 1.29 is 9.59 Å². The van der Waals surface area contributed by atoms with Crippen LogP contribution in [-0.4, -0.2) is 58.0 Å². The first-order valence-corrected chi connectivity index (χ1v) is 12.9. The molecule has 0 unspecified atom stereocenters. The highest BCUT2D eigenvalue weighted by Gasteiger charge is 2.19. The number of rotatable bonds is 10. The van der Waals surface area contributed by atoms with E-state index in [1.807, 2.05) is 9.80 Å². The molecule has 0 bridgehead atoms. The Balaban J connectivity index is 2.91. The lowest BCUT2D eigenvalue weighted by molar-refractivity contribution is 0.0971. The minimum atomic E-state index is -0.332. The number of hydrogen-bond donors (Lipinski definition) is 2. The Morgan fingerprint density at radius 1 is 0.676 bits per heavy atom. The van der Waals surface area contributed by atoms with Gasteiger partial charge >= 0.3 is 0 Å². The third-order valence-corrected chi connectivity index (χ3v) is 5.46. The van der Waals surface area contributed by atoms with Gasteiger partial charge in [0.25, 0.3) is 11.8 Å². The van der Waals surface area contributed by atoms with Crippen LogP contribution in [0, 0.1) is 23.7 Å². The van der Waals surface area contributed by atoms with Crippen molar-refractivity contribution in [3.63, 3.8) is 0 Å². The predicted molar refractivity (Wildman–Crippen MR) is 149 cm³/mol. The third-order valence-electron chi connectivity index (χ3n) is 4.74. The van der Waals surface area contributed by atoms with Crippen molar-refractivity contribution in [3.05, 3.63) is 35.4 Å². The van der Waals surface area contributed by atoms with Crippen molar-refractivity contribution in [2.24, 2.45) is 23.7 Å². The second-order valence-corrected chi connectivity index (χ2v) is 11.3. The molecule has 0 aliphatic rings.